The number of non-ortho nitro benzene ring substituents is 1. The van der Waals surface area contributed by atoms with Crippen LogP contribution in [0.4, 0.5) is 5.69 Å². The van der Waals surface area contributed by atoms with E-state index in [0.29, 0.717) is 0 Å². The Balaban J connectivity index is 1.76. The van der Waals surface area contributed by atoms with Crippen LogP contribution in [0.5, 0.6) is 0 Å². The van der Waals surface area contributed by atoms with Crippen LogP contribution in [0.25, 0.3) is 0 Å². The van der Waals surface area contributed by atoms with Gasteiger partial charge in [-0.25, -0.2) is 10.0 Å². The van der Waals surface area contributed by atoms with E-state index in [1.807, 2.05) is 36.4 Å². The molecule has 0 bridgehead atoms. The number of benzene rings is 2. The molecule has 162 valence electrons. The van der Waals surface area contributed by atoms with E-state index in [4.69, 9.17) is 0 Å². The van der Waals surface area contributed by atoms with Gasteiger partial charge < -0.3 is 0 Å². The van der Waals surface area contributed by atoms with E-state index in [0.717, 1.165) is 63.0 Å². The Morgan fingerprint density at radius 3 is 2.03 bits per heavy atom. The molecule has 6 nitrogen and oxygen atoms in total. The molecule has 0 saturated carbocycles. The zero-order valence-corrected chi connectivity index (χ0v) is 17.9. The smallest absolute Gasteiger partial charge is 0.258 e. The largest absolute Gasteiger partial charge is 0.269 e. The Hall–Kier alpha value is -2.72. The molecule has 1 atom stereocenters. The molecule has 2 heterocycles. The van der Waals surface area contributed by atoms with Gasteiger partial charge in [0.25, 0.3) is 5.69 Å². The maximum atomic E-state index is 11.5. The molecule has 0 radical (unpaired) electrons. The van der Waals surface area contributed by atoms with E-state index in [1.165, 1.54) is 12.8 Å². The third kappa shape index (κ3) is 5.50. The third-order valence-corrected chi connectivity index (χ3v) is 6.00. The molecule has 2 aromatic carbocycles. The van der Waals surface area contributed by atoms with E-state index in [-0.39, 0.29) is 16.7 Å². The fraction of sp³-hybridized carbons (Fsp3) is 0.440. The highest BCUT2D eigenvalue weighted by Gasteiger charge is 2.32. The molecule has 0 spiro atoms. The highest BCUT2D eigenvalue weighted by atomic mass is 16.6. The number of nitro benzene ring substituents is 1. The lowest BCUT2D eigenvalue weighted by Gasteiger charge is -2.47. The fourth-order valence-corrected chi connectivity index (χ4v) is 4.43. The van der Waals surface area contributed by atoms with Crippen LogP contribution >= 0.6 is 0 Å². The summed E-state index contributed by atoms with van der Waals surface area (Å²) in [7, 11) is 0. The molecule has 6 heteroatoms. The molecule has 2 aliphatic heterocycles. The van der Waals surface area contributed by atoms with E-state index < -0.39 is 0 Å². The highest BCUT2D eigenvalue weighted by molar-refractivity contribution is 5.41. The van der Waals surface area contributed by atoms with E-state index in [1.54, 1.807) is 18.2 Å². The second-order valence-electron chi connectivity index (χ2n) is 8.24. The van der Waals surface area contributed by atoms with Gasteiger partial charge in [0.1, 0.15) is 6.04 Å². The van der Waals surface area contributed by atoms with Crippen LogP contribution in [-0.2, 0) is 0 Å². The van der Waals surface area contributed by atoms with Crippen molar-refractivity contribution < 1.29 is 4.92 Å². The van der Waals surface area contributed by atoms with Crippen molar-refractivity contribution in [3.05, 3.63) is 75.8 Å². The number of nitro groups is 1. The average molecular weight is 419 g/mol. The van der Waals surface area contributed by atoms with Crippen molar-refractivity contribution in [2.24, 2.45) is 0 Å². The zero-order chi connectivity index (χ0) is 21.5. The Morgan fingerprint density at radius 2 is 1.45 bits per heavy atom. The molecule has 2 aliphatic rings. The van der Waals surface area contributed by atoms with E-state index in [9.17, 15) is 10.1 Å². The van der Waals surface area contributed by atoms with Crippen molar-refractivity contribution in [1.29, 1.82) is 0 Å². The number of piperidine rings is 2. The number of hydrogen-bond acceptors (Lipinski definition) is 5. The molecule has 0 N–H and O–H groups in total. The van der Waals surface area contributed by atoms with Gasteiger partial charge in [-0.15, -0.1) is 0 Å². The Morgan fingerprint density at radius 1 is 0.839 bits per heavy atom. The van der Waals surface area contributed by atoms with E-state index in [2.05, 4.69) is 27.0 Å². The SMILES string of the molecule is O=[N+]([O-])c1cccc(C(C#Cc2ccccc2)N(N2CCCCC2)N2CCCCC2)c1. The van der Waals surface area contributed by atoms with Gasteiger partial charge in [0, 0.05) is 43.9 Å². The molecule has 31 heavy (non-hydrogen) atoms. The minimum Gasteiger partial charge on any atom is -0.258 e. The van der Waals surface area contributed by atoms with Crippen molar-refractivity contribution >= 4 is 5.69 Å². The van der Waals surface area contributed by atoms with Crippen LogP contribution in [0, 0.1) is 22.0 Å². The summed E-state index contributed by atoms with van der Waals surface area (Å²) in [5.74, 6) is 6.82. The summed E-state index contributed by atoms with van der Waals surface area (Å²) in [6.07, 6.45) is 7.16. The normalized spacial score (nSPS) is 18.9. The van der Waals surface area contributed by atoms with Crippen LogP contribution in [0.15, 0.2) is 54.6 Å². The number of hydrazine groups is 2. The summed E-state index contributed by atoms with van der Waals surface area (Å²) in [5.41, 5.74) is 1.94. The van der Waals surface area contributed by atoms with Crippen molar-refractivity contribution in [3.63, 3.8) is 0 Å². The molecule has 0 aromatic heterocycles. The summed E-state index contributed by atoms with van der Waals surface area (Å²) in [6, 6.07) is 16.7. The minimum absolute atomic E-state index is 0.112. The lowest BCUT2D eigenvalue weighted by Crippen LogP contribution is -2.57. The lowest BCUT2D eigenvalue weighted by molar-refractivity contribution is -0.385. The first-order valence-corrected chi connectivity index (χ1v) is 11.3. The van der Waals surface area contributed by atoms with Crippen LogP contribution in [0.3, 0.4) is 0 Å². The lowest BCUT2D eigenvalue weighted by atomic mass is 10.0. The third-order valence-electron chi connectivity index (χ3n) is 6.00. The van der Waals surface area contributed by atoms with Gasteiger partial charge in [0.15, 0.2) is 0 Å². The van der Waals surface area contributed by atoms with Crippen LogP contribution in [-0.4, -0.2) is 46.2 Å². The second-order valence-corrected chi connectivity index (χ2v) is 8.24. The number of rotatable bonds is 5. The summed E-state index contributed by atoms with van der Waals surface area (Å²) in [6.45, 7) is 3.98. The summed E-state index contributed by atoms with van der Waals surface area (Å²) in [5, 5.41) is 18.6. The highest BCUT2D eigenvalue weighted by Crippen LogP contribution is 2.30. The van der Waals surface area contributed by atoms with Gasteiger partial charge in [0.2, 0.25) is 0 Å². The van der Waals surface area contributed by atoms with Crippen LogP contribution < -0.4 is 0 Å². The molecule has 2 saturated heterocycles. The van der Waals surface area contributed by atoms with Crippen molar-refractivity contribution in [2.75, 3.05) is 26.2 Å². The van der Waals surface area contributed by atoms with Gasteiger partial charge in [-0.3, -0.25) is 10.1 Å². The molecule has 2 fully saturated rings. The predicted octanol–water partition coefficient (Wildman–Crippen LogP) is 4.79. The van der Waals surface area contributed by atoms with Crippen LogP contribution in [0.2, 0.25) is 0 Å². The molecule has 1 unspecified atom stereocenters. The molecular formula is C25H30N4O2. The number of nitrogens with zero attached hydrogens (tertiary/aromatic N) is 4. The fourth-order valence-electron chi connectivity index (χ4n) is 4.43. The Labute approximate surface area is 184 Å². The van der Waals surface area contributed by atoms with Gasteiger partial charge in [-0.1, -0.05) is 55.0 Å². The maximum Gasteiger partial charge on any atom is 0.269 e. The monoisotopic (exact) mass is 418 g/mol. The summed E-state index contributed by atoms with van der Waals surface area (Å²) >= 11 is 0. The molecule has 4 rings (SSSR count). The average Bonchev–Trinajstić information content (AvgIpc) is 2.83. The van der Waals surface area contributed by atoms with E-state index >= 15 is 0 Å². The minimum atomic E-state index is -0.322. The van der Waals surface area contributed by atoms with Gasteiger partial charge >= 0.3 is 0 Å². The summed E-state index contributed by atoms with van der Waals surface area (Å²) in [4.78, 5) is 11.1. The number of hydrogen-bond donors (Lipinski definition) is 0. The summed E-state index contributed by atoms with van der Waals surface area (Å²) < 4.78 is 0. The van der Waals surface area contributed by atoms with Crippen molar-refractivity contribution in [2.45, 2.75) is 44.6 Å². The van der Waals surface area contributed by atoms with Gasteiger partial charge in [-0.05, 0) is 43.4 Å². The zero-order valence-electron chi connectivity index (χ0n) is 17.9. The first-order valence-electron chi connectivity index (χ1n) is 11.3. The van der Waals surface area contributed by atoms with Crippen LogP contribution in [0.1, 0.15) is 55.7 Å². The molecule has 0 aliphatic carbocycles. The second kappa shape index (κ2) is 10.5. The van der Waals surface area contributed by atoms with Crippen molar-refractivity contribution in [1.82, 2.24) is 15.1 Å². The van der Waals surface area contributed by atoms with Gasteiger partial charge in [0.05, 0.1) is 4.92 Å². The maximum absolute atomic E-state index is 11.5. The topological polar surface area (TPSA) is 52.9 Å². The molecule has 2 aromatic rings. The quantitative estimate of drug-likeness (QED) is 0.397. The molecular weight excluding hydrogens is 388 g/mol. The standard InChI is InChI=1S/C25H30N4O2/c30-29(31)24-14-10-13-23(21-24)25(16-15-22-11-4-1-5-12-22)28(26-17-6-2-7-18-26)27-19-8-3-9-20-27/h1,4-5,10-14,21,25H,2-3,6-9,17-20H2. The molecule has 0 amide bonds. The first-order chi connectivity index (χ1) is 15.2. The van der Waals surface area contributed by atoms with Gasteiger partial charge in [-0.2, -0.15) is 5.12 Å². The first kappa shape index (κ1) is 21.5. The Bertz CT molecular complexity index is 907. The Kier molecular flexibility index (Phi) is 7.31. The van der Waals surface area contributed by atoms with Crippen molar-refractivity contribution in [3.8, 4) is 11.8 Å². The predicted molar refractivity (Wildman–Crippen MR) is 122 cm³/mol.